The zero-order valence-electron chi connectivity index (χ0n) is 9.02. The monoisotopic (exact) mass is 237 g/mol. The molecular weight excluding hydrogens is 225 g/mol. The second-order valence-electron chi connectivity index (χ2n) is 4.31. The van der Waals surface area contributed by atoms with Gasteiger partial charge in [-0.2, -0.15) is 0 Å². The Labute approximate surface area is 97.3 Å². The Morgan fingerprint density at radius 2 is 2.29 bits per heavy atom. The van der Waals surface area contributed by atoms with Crippen molar-refractivity contribution in [1.29, 1.82) is 0 Å². The smallest absolute Gasteiger partial charge is 0.407 e. The summed E-state index contributed by atoms with van der Waals surface area (Å²) in [5, 5.41) is 2.70. The van der Waals surface area contributed by atoms with Gasteiger partial charge in [0.25, 0.3) is 0 Å². The maximum Gasteiger partial charge on any atom is 0.407 e. The summed E-state index contributed by atoms with van der Waals surface area (Å²) in [5.41, 5.74) is 6.39. The van der Waals surface area contributed by atoms with Crippen molar-refractivity contribution in [2.75, 3.05) is 23.7 Å². The number of rotatable bonds is 1. The van der Waals surface area contributed by atoms with Crippen molar-refractivity contribution >= 4 is 17.5 Å². The number of carbonyl (C=O) groups is 1. The van der Waals surface area contributed by atoms with Gasteiger partial charge in [-0.1, -0.05) is 0 Å². The standard InChI is InChI=1S/C11H12FN3O2/c12-7-3-6(13)1-2-9(7)15-4-8-10(5-15)17-11(16)14-8/h1-3,8,10H,4-5,13H2,(H,14,16). The molecule has 0 aliphatic carbocycles. The van der Waals surface area contributed by atoms with Gasteiger partial charge in [0.1, 0.15) is 11.9 Å². The highest BCUT2D eigenvalue weighted by molar-refractivity contribution is 5.71. The van der Waals surface area contributed by atoms with Gasteiger partial charge in [0.2, 0.25) is 0 Å². The van der Waals surface area contributed by atoms with E-state index in [0.29, 0.717) is 24.5 Å². The minimum atomic E-state index is -0.391. The van der Waals surface area contributed by atoms with Crippen LogP contribution in [0.4, 0.5) is 20.6 Å². The number of nitrogen functional groups attached to an aromatic ring is 1. The first kappa shape index (κ1) is 10.2. The van der Waals surface area contributed by atoms with Crippen molar-refractivity contribution in [3.8, 4) is 0 Å². The highest BCUT2D eigenvalue weighted by Gasteiger charge is 2.42. The van der Waals surface area contributed by atoms with E-state index in [9.17, 15) is 9.18 Å². The Bertz CT molecular complexity index is 464. The van der Waals surface area contributed by atoms with Gasteiger partial charge < -0.3 is 20.7 Å². The third-order valence-electron chi connectivity index (χ3n) is 3.14. The van der Waals surface area contributed by atoms with E-state index in [1.165, 1.54) is 6.07 Å². The molecule has 3 N–H and O–H groups in total. The first-order valence-corrected chi connectivity index (χ1v) is 5.40. The van der Waals surface area contributed by atoms with E-state index in [1.54, 1.807) is 12.1 Å². The Hall–Kier alpha value is -1.98. The SMILES string of the molecule is Nc1ccc(N2CC3NC(=O)OC3C2)c(F)c1. The van der Waals surface area contributed by atoms with Gasteiger partial charge in [-0.15, -0.1) is 0 Å². The number of alkyl carbamates (subject to hydrolysis) is 1. The predicted octanol–water partition coefficient (Wildman–Crippen LogP) is 0.705. The molecule has 2 atom stereocenters. The number of hydrogen-bond donors (Lipinski definition) is 2. The van der Waals surface area contributed by atoms with Gasteiger partial charge >= 0.3 is 6.09 Å². The molecule has 1 amide bonds. The van der Waals surface area contributed by atoms with Gasteiger partial charge in [0.05, 0.1) is 18.3 Å². The Morgan fingerprint density at radius 1 is 1.47 bits per heavy atom. The summed E-state index contributed by atoms with van der Waals surface area (Å²) < 4.78 is 18.8. The lowest BCUT2D eigenvalue weighted by Crippen LogP contribution is -2.32. The third-order valence-corrected chi connectivity index (χ3v) is 3.14. The zero-order chi connectivity index (χ0) is 12.0. The molecule has 0 radical (unpaired) electrons. The molecular formula is C11H12FN3O2. The summed E-state index contributed by atoms with van der Waals surface area (Å²) in [6.45, 7) is 1.06. The van der Waals surface area contributed by atoms with E-state index in [4.69, 9.17) is 10.5 Å². The predicted molar refractivity (Wildman–Crippen MR) is 60.2 cm³/mol. The first-order valence-electron chi connectivity index (χ1n) is 5.40. The Kier molecular flexibility index (Phi) is 2.10. The normalized spacial score (nSPS) is 26.6. The van der Waals surface area contributed by atoms with Crippen LogP contribution >= 0.6 is 0 Å². The number of carbonyl (C=O) groups excluding carboxylic acids is 1. The molecule has 90 valence electrons. The van der Waals surface area contributed by atoms with Crippen LogP contribution in [0.25, 0.3) is 0 Å². The van der Waals surface area contributed by atoms with Crippen molar-refractivity contribution < 1.29 is 13.9 Å². The molecule has 2 aliphatic rings. The van der Waals surface area contributed by atoms with Crippen LogP contribution in [-0.2, 0) is 4.74 Å². The molecule has 1 aromatic rings. The molecule has 0 aromatic heterocycles. The lowest BCUT2D eigenvalue weighted by atomic mass is 10.2. The third kappa shape index (κ3) is 1.65. The van der Waals surface area contributed by atoms with Crippen LogP contribution in [0.5, 0.6) is 0 Å². The number of halogens is 1. The molecule has 17 heavy (non-hydrogen) atoms. The van der Waals surface area contributed by atoms with Crippen molar-refractivity contribution in [2.45, 2.75) is 12.1 Å². The molecule has 0 bridgehead atoms. The van der Waals surface area contributed by atoms with Crippen molar-refractivity contribution in [3.63, 3.8) is 0 Å². The van der Waals surface area contributed by atoms with Crippen LogP contribution in [-0.4, -0.2) is 31.3 Å². The fourth-order valence-corrected chi connectivity index (χ4v) is 2.33. The molecule has 0 spiro atoms. The van der Waals surface area contributed by atoms with E-state index >= 15 is 0 Å². The molecule has 2 fully saturated rings. The van der Waals surface area contributed by atoms with Crippen LogP contribution in [0.15, 0.2) is 18.2 Å². The summed E-state index contributed by atoms with van der Waals surface area (Å²) in [7, 11) is 0. The highest BCUT2D eigenvalue weighted by Crippen LogP contribution is 2.28. The number of nitrogens with one attached hydrogen (secondary N) is 1. The van der Waals surface area contributed by atoms with Crippen molar-refractivity contribution in [3.05, 3.63) is 24.0 Å². The molecule has 3 rings (SSSR count). The van der Waals surface area contributed by atoms with E-state index in [0.717, 1.165) is 0 Å². The number of ether oxygens (including phenoxy) is 1. The van der Waals surface area contributed by atoms with E-state index in [1.807, 2.05) is 4.90 Å². The van der Waals surface area contributed by atoms with Gasteiger partial charge in [-0.3, -0.25) is 0 Å². The minimum absolute atomic E-state index is 0.0561. The Balaban J connectivity index is 1.81. The molecule has 0 saturated carbocycles. The van der Waals surface area contributed by atoms with Crippen molar-refractivity contribution in [2.24, 2.45) is 0 Å². The number of hydrogen-bond acceptors (Lipinski definition) is 4. The maximum absolute atomic E-state index is 13.7. The fourth-order valence-electron chi connectivity index (χ4n) is 2.33. The number of amides is 1. The zero-order valence-corrected chi connectivity index (χ0v) is 9.02. The number of nitrogens with two attached hydrogens (primary N) is 1. The summed E-state index contributed by atoms with van der Waals surface area (Å²) in [6, 6.07) is 4.54. The molecule has 2 aliphatic heterocycles. The van der Waals surface area contributed by atoms with E-state index in [2.05, 4.69) is 5.32 Å². The molecule has 1 aromatic carbocycles. The lowest BCUT2D eigenvalue weighted by molar-refractivity contribution is 0.144. The molecule has 6 heteroatoms. The van der Waals surface area contributed by atoms with Gasteiger partial charge in [0, 0.05) is 12.2 Å². The quantitative estimate of drug-likeness (QED) is 0.706. The second-order valence-corrected chi connectivity index (χ2v) is 4.31. The number of benzene rings is 1. The second kappa shape index (κ2) is 3.51. The number of nitrogens with zero attached hydrogens (tertiary/aromatic N) is 1. The average Bonchev–Trinajstić information content (AvgIpc) is 2.74. The number of fused-ring (bicyclic) bond motifs is 1. The van der Waals surface area contributed by atoms with Gasteiger partial charge in [-0.05, 0) is 18.2 Å². The summed E-state index contributed by atoms with van der Waals surface area (Å²) >= 11 is 0. The Morgan fingerprint density at radius 3 is 3.00 bits per heavy atom. The highest BCUT2D eigenvalue weighted by atomic mass is 19.1. The number of anilines is 2. The van der Waals surface area contributed by atoms with E-state index in [-0.39, 0.29) is 18.0 Å². The molecule has 2 heterocycles. The largest absolute Gasteiger partial charge is 0.442 e. The lowest BCUT2D eigenvalue weighted by Gasteiger charge is -2.19. The minimum Gasteiger partial charge on any atom is -0.442 e. The van der Waals surface area contributed by atoms with Gasteiger partial charge in [-0.25, -0.2) is 9.18 Å². The van der Waals surface area contributed by atoms with Crippen LogP contribution in [0.1, 0.15) is 0 Å². The van der Waals surface area contributed by atoms with Crippen LogP contribution in [0.3, 0.4) is 0 Å². The topological polar surface area (TPSA) is 67.6 Å². The average molecular weight is 237 g/mol. The summed E-state index contributed by atoms with van der Waals surface area (Å²) in [6.07, 6.45) is -0.586. The molecule has 2 saturated heterocycles. The van der Waals surface area contributed by atoms with Crippen LogP contribution < -0.4 is 16.0 Å². The van der Waals surface area contributed by atoms with Crippen LogP contribution in [0, 0.1) is 5.82 Å². The van der Waals surface area contributed by atoms with Crippen LogP contribution in [0.2, 0.25) is 0 Å². The summed E-state index contributed by atoms with van der Waals surface area (Å²) in [5.74, 6) is -0.351. The van der Waals surface area contributed by atoms with Gasteiger partial charge in [0.15, 0.2) is 0 Å². The molecule has 2 unspecified atom stereocenters. The maximum atomic E-state index is 13.7. The fraction of sp³-hybridized carbons (Fsp3) is 0.364. The van der Waals surface area contributed by atoms with Crippen molar-refractivity contribution in [1.82, 2.24) is 5.32 Å². The first-order chi connectivity index (χ1) is 8.13. The molecule has 5 nitrogen and oxygen atoms in total. The summed E-state index contributed by atoms with van der Waals surface area (Å²) in [4.78, 5) is 12.8. The van der Waals surface area contributed by atoms with E-state index < -0.39 is 6.09 Å².